The second-order valence-electron chi connectivity index (χ2n) is 4.61. The third kappa shape index (κ3) is 2.96. The predicted molar refractivity (Wildman–Crippen MR) is 76.1 cm³/mol. The number of hydrogen-bond acceptors (Lipinski definition) is 4. The summed E-state index contributed by atoms with van der Waals surface area (Å²) < 4.78 is 25.1. The zero-order valence-corrected chi connectivity index (χ0v) is 12.3. The van der Waals surface area contributed by atoms with Crippen molar-refractivity contribution in [2.24, 2.45) is 7.05 Å². The van der Waals surface area contributed by atoms with Gasteiger partial charge in [0.1, 0.15) is 5.82 Å². The molecule has 19 heavy (non-hydrogen) atoms. The molecule has 0 fully saturated rings. The minimum atomic E-state index is -3.18. The molecule has 104 valence electrons. The molecule has 0 aliphatic rings. The summed E-state index contributed by atoms with van der Waals surface area (Å²) in [4.78, 5) is 4.83. The molecule has 0 spiro atoms. The van der Waals surface area contributed by atoms with Crippen molar-refractivity contribution in [2.75, 3.05) is 19.3 Å². The van der Waals surface area contributed by atoms with E-state index in [0.717, 1.165) is 36.4 Å². The lowest BCUT2D eigenvalue weighted by Crippen LogP contribution is -2.17. The number of nitrogens with zero attached hydrogens (tertiary/aromatic N) is 2. The van der Waals surface area contributed by atoms with Crippen molar-refractivity contribution in [1.29, 1.82) is 0 Å². The molecule has 5 nitrogen and oxygen atoms in total. The molecule has 1 heterocycles. The lowest BCUT2D eigenvalue weighted by Gasteiger charge is -2.02. The van der Waals surface area contributed by atoms with Crippen LogP contribution in [0.2, 0.25) is 0 Å². The number of nitrogens with one attached hydrogen (secondary N) is 1. The van der Waals surface area contributed by atoms with E-state index in [1.807, 2.05) is 17.7 Å². The highest BCUT2D eigenvalue weighted by atomic mass is 32.2. The van der Waals surface area contributed by atoms with E-state index in [2.05, 4.69) is 17.2 Å². The number of imidazole rings is 1. The standard InChI is InChI=1S/C13H19N3O2S/c1-4-14-8-7-13-15-11-9-10(19(3,17)18)5-6-12(11)16(13)2/h5-6,9,14H,4,7-8H2,1-3H3. The van der Waals surface area contributed by atoms with E-state index in [0.29, 0.717) is 4.90 Å². The van der Waals surface area contributed by atoms with Gasteiger partial charge in [-0.05, 0) is 24.7 Å². The lowest BCUT2D eigenvalue weighted by molar-refractivity contribution is 0.602. The van der Waals surface area contributed by atoms with E-state index < -0.39 is 9.84 Å². The molecule has 0 amide bonds. The summed E-state index contributed by atoms with van der Waals surface area (Å²) in [7, 11) is -1.23. The van der Waals surface area contributed by atoms with Crippen LogP contribution in [0.1, 0.15) is 12.7 Å². The average Bonchev–Trinajstić information content (AvgIpc) is 2.65. The Balaban J connectivity index is 2.40. The van der Waals surface area contributed by atoms with Crippen molar-refractivity contribution in [3.63, 3.8) is 0 Å². The summed E-state index contributed by atoms with van der Waals surface area (Å²) >= 11 is 0. The maximum Gasteiger partial charge on any atom is 0.175 e. The van der Waals surface area contributed by atoms with E-state index in [-0.39, 0.29) is 0 Å². The van der Waals surface area contributed by atoms with Gasteiger partial charge in [-0.15, -0.1) is 0 Å². The Hall–Kier alpha value is -1.40. The average molecular weight is 281 g/mol. The van der Waals surface area contributed by atoms with Crippen LogP contribution in [0.4, 0.5) is 0 Å². The minimum absolute atomic E-state index is 0.316. The highest BCUT2D eigenvalue weighted by molar-refractivity contribution is 7.90. The van der Waals surface area contributed by atoms with E-state index in [4.69, 9.17) is 0 Å². The van der Waals surface area contributed by atoms with Crippen molar-refractivity contribution >= 4 is 20.9 Å². The van der Waals surface area contributed by atoms with Crippen molar-refractivity contribution in [1.82, 2.24) is 14.9 Å². The van der Waals surface area contributed by atoms with Gasteiger partial charge in [-0.2, -0.15) is 0 Å². The summed E-state index contributed by atoms with van der Waals surface area (Å²) in [5, 5.41) is 3.25. The summed E-state index contributed by atoms with van der Waals surface area (Å²) in [5.41, 5.74) is 1.69. The molecule has 1 N–H and O–H groups in total. The van der Waals surface area contributed by atoms with Crippen molar-refractivity contribution in [3.05, 3.63) is 24.0 Å². The van der Waals surface area contributed by atoms with Crippen LogP contribution in [-0.2, 0) is 23.3 Å². The van der Waals surface area contributed by atoms with Gasteiger partial charge >= 0.3 is 0 Å². The summed E-state index contributed by atoms with van der Waals surface area (Å²) in [5.74, 6) is 0.960. The number of fused-ring (bicyclic) bond motifs is 1. The summed E-state index contributed by atoms with van der Waals surface area (Å²) in [6.45, 7) is 3.86. The van der Waals surface area contributed by atoms with Gasteiger partial charge in [0.15, 0.2) is 9.84 Å². The first-order chi connectivity index (χ1) is 8.93. The van der Waals surface area contributed by atoms with Crippen molar-refractivity contribution in [2.45, 2.75) is 18.2 Å². The van der Waals surface area contributed by atoms with Crippen LogP contribution >= 0.6 is 0 Å². The topological polar surface area (TPSA) is 64.0 Å². The number of likely N-dealkylation sites (N-methyl/N-ethyl adjacent to an activating group) is 1. The largest absolute Gasteiger partial charge is 0.331 e. The second-order valence-corrected chi connectivity index (χ2v) is 6.63. The van der Waals surface area contributed by atoms with Gasteiger partial charge in [-0.1, -0.05) is 6.92 Å². The molecule has 0 saturated carbocycles. The zero-order valence-electron chi connectivity index (χ0n) is 11.5. The van der Waals surface area contributed by atoms with Gasteiger partial charge < -0.3 is 9.88 Å². The summed E-state index contributed by atoms with van der Waals surface area (Å²) in [6.07, 6.45) is 2.04. The highest BCUT2D eigenvalue weighted by Crippen LogP contribution is 2.19. The van der Waals surface area contributed by atoms with Crippen molar-refractivity contribution < 1.29 is 8.42 Å². The molecule has 0 saturated heterocycles. The second kappa shape index (κ2) is 5.30. The number of sulfone groups is 1. The number of aryl methyl sites for hydroxylation is 1. The van der Waals surface area contributed by atoms with Gasteiger partial charge in [0, 0.05) is 26.3 Å². The maximum absolute atomic E-state index is 11.5. The Bertz CT molecular complexity index is 689. The molecule has 1 aromatic carbocycles. The van der Waals surface area contributed by atoms with E-state index in [1.165, 1.54) is 6.26 Å². The van der Waals surface area contributed by atoms with Gasteiger partial charge in [0.25, 0.3) is 0 Å². The van der Waals surface area contributed by atoms with Crippen LogP contribution in [0.15, 0.2) is 23.1 Å². The van der Waals surface area contributed by atoms with Crippen LogP contribution in [0.5, 0.6) is 0 Å². The highest BCUT2D eigenvalue weighted by Gasteiger charge is 2.12. The molecule has 0 unspecified atom stereocenters. The third-order valence-electron chi connectivity index (χ3n) is 3.15. The van der Waals surface area contributed by atoms with E-state index in [9.17, 15) is 8.42 Å². The Kier molecular flexibility index (Phi) is 3.91. The third-order valence-corrected chi connectivity index (χ3v) is 4.26. The lowest BCUT2D eigenvalue weighted by atomic mass is 10.3. The minimum Gasteiger partial charge on any atom is -0.331 e. The molecule has 0 atom stereocenters. The fourth-order valence-electron chi connectivity index (χ4n) is 2.06. The quantitative estimate of drug-likeness (QED) is 0.834. The Morgan fingerprint density at radius 3 is 2.74 bits per heavy atom. The summed E-state index contributed by atoms with van der Waals surface area (Å²) in [6, 6.07) is 5.09. The normalized spacial score (nSPS) is 12.2. The van der Waals surface area contributed by atoms with Crippen LogP contribution in [0.25, 0.3) is 11.0 Å². The number of rotatable bonds is 5. The van der Waals surface area contributed by atoms with Crippen LogP contribution in [-0.4, -0.2) is 37.3 Å². The fraction of sp³-hybridized carbons (Fsp3) is 0.462. The molecule has 0 aliphatic carbocycles. The molecule has 2 rings (SSSR count). The zero-order chi connectivity index (χ0) is 14.0. The first kappa shape index (κ1) is 14.0. The molecule has 0 bridgehead atoms. The fourth-order valence-corrected chi connectivity index (χ4v) is 2.70. The van der Waals surface area contributed by atoms with Crippen LogP contribution in [0.3, 0.4) is 0 Å². The molecule has 6 heteroatoms. The monoisotopic (exact) mass is 281 g/mol. The maximum atomic E-state index is 11.5. The number of aromatic nitrogens is 2. The predicted octanol–water partition coefficient (Wildman–Crippen LogP) is 1.13. The van der Waals surface area contributed by atoms with Crippen LogP contribution in [0, 0.1) is 0 Å². The Morgan fingerprint density at radius 2 is 2.11 bits per heavy atom. The Labute approximate surface area is 113 Å². The molecular weight excluding hydrogens is 262 g/mol. The Morgan fingerprint density at radius 1 is 1.37 bits per heavy atom. The first-order valence-electron chi connectivity index (χ1n) is 6.29. The van der Waals surface area contributed by atoms with Gasteiger partial charge in [-0.3, -0.25) is 0 Å². The van der Waals surface area contributed by atoms with Gasteiger partial charge in [-0.25, -0.2) is 13.4 Å². The van der Waals surface area contributed by atoms with E-state index >= 15 is 0 Å². The van der Waals surface area contributed by atoms with E-state index in [1.54, 1.807) is 12.1 Å². The SMILES string of the molecule is CCNCCc1nc2cc(S(C)(=O)=O)ccc2n1C. The molecule has 0 radical (unpaired) electrons. The molecule has 0 aliphatic heterocycles. The number of hydrogen-bond donors (Lipinski definition) is 1. The first-order valence-corrected chi connectivity index (χ1v) is 8.18. The van der Waals surface area contributed by atoms with Gasteiger partial charge in [0.05, 0.1) is 15.9 Å². The molecular formula is C13H19N3O2S. The molecule has 1 aromatic heterocycles. The smallest absolute Gasteiger partial charge is 0.175 e. The van der Waals surface area contributed by atoms with Gasteiger partial charge in [0.2, 0.25) is 0 Å². The molecule has 2 aromatic rings. The number of benzene rings is 1. The van der Waals surface area contributed by atoms with Crippen molar-refractivity contribution in [3.8, 4) is 0 Å². The van der Waals surface area contributed by atoms with Crippen LogP contribution < -0.4 is 5.32 Å².